The molecule has 2 N–H and O–H groups in total. The van der Waals surface area contributed by atoms with Crippen molar-refractivity contribution in [3.63, 3.8) is 0 Å². The molecule has 1 aliphatic heterocycles. The maximum absolute atomic E-state index is 12.8. The van der Waals surface area contributed by atoms with Gasteiger partial charge in [0.1, 0.15) is 6.61 Å². The Kier molecular flexibility index (Phi) is 8.57. The van der Waals surface area contributed by atoms with Crippen LogP contribution in [0.1, 0.15) is 61.9 Å². The average molecular weight is 467 g/mol. The number of hydrogen-bond acceptors (Lipinski definition) is 5. The van der Waals surface area contributed by atoms with Crippen molar-refractivity contribution in [2.75, 3.05) is 13.2 Å². The summed E-state index contributed by atoms with van der Waals surface area (Å²) in [4.78, 5) is 25.2. The first kappa shape index (κ1) is 25.1. The molecule has 7 nitrogen and oxygen atoms in total. The zero-order valence-corrected chi connectivity index (χ0v) is 20.6. The lowest BCUT2D eigenvalue weighted by molar-refractivity contribution is -0.139. The fourth-order valence-electron chi connectivity index (χ4n) is 3.97. The zero-order valence-electron chi connectivity index (χ0n) is 20.6. The predicted molar refractivity (Wildman–Crippen MR) is 131 cm³/mol. The fourth-order valence-corrected chi connectivity index (χ4v) is 3.97. The summed E-state index contributed by atoms with van der Waals surface area (Å²) in [5, 5.41) is 5.64. The van der Waals surface area contributed by atoms with Gasteiger partial charge in [-0.05, 0) is 62.9 Å². The van der Waals surface area contributed by atoms with Gasteiger partial charge < -0.3 is 24.8 Å². The van der Waals surface area contributed by atoms with E-state index in [1.165, 1.54) is 5.56 Å². The number of ether oxygens (including phenoxy) is 3. The molecule has 2 aromatic carbocycles. The van der Waals surface area contributed by atoms with Crippen molar-refractivity contribution in [3.8, 4) is 11.5 Å². The van der Waals surface area contributed by atoms with Crippen LogP contribution in [-0.4, -0.2) is 25.2 Å². The molecule has 1 unspecified atom stereocenters. The molecule has 0 radical (unpaired) electrons. The highest BCUT2D eigenvalue weighted by molar-refractivity contribution is 5.95. The molecular formula is C27H34N2O5. The number of carbonyl (C=O) groups excluding carboxylic acids is 2. The van der Waals surface area contributed by atoms with Crippen molar-refractivity contribution in [2.45, 2.75) is 60.1 Å². The summed E-state index contributed by atoms with van der Waals surface area (Å²) < 4.78 is 17.3. The summed E-state index contributed by atoms with van der Waals surface area (Å²) in [6, 6.07) is 10.8. The minimum Gasteiger partial charge on any atom is -0.490 e. The monoisotopic (exact) mass is 466 g/mol. The van der Waals surface area contributed by atoms with E-state index < -0.39 is 12.0 Å². The van der Waals surface area contributed by atoms with Gasteiger partial charge in [-0.1, -0.05) is 43.2 Å². The lowest BCUT2D eigenvalue weighted by Gasteiger charge is -2.29. The van der Waals surface area contributed by atoms with Crippen LogP contribution >= 0.6 is 0 Å². The molecule has 1 atom stereocenters. The van der Waals surface area contributed by atoms with Crippen molar-refractivity contribution in [3.05, 3.63) is 69.9 Å². The smallest absolute Gasteiger partial charge is 0.338 e. The number of rotatable bonds is 10. The number of allylic oxidation sites excluding steroid dienone is 1. The first-order valence-corrected chi connectivity index (χ1v) is 11.8. The van der Waals surface area contributed by atoms with Gasteiger partial charge in [0.05, 0.1) is 24.8 Å². The molecular weight excluding hydrogens is 432 g/mol. The van der Waals surface area contributed by atoms with Gasteiger partial charge in [0.15, 0.2) is 11.5 Å². The molecule has 0 aliphatic carbocycles. The van der Waals surface area contributed by atoms with E-state index in [2.05, 4.69) is 42.7 Å². The first-order valence-electron chi connectivity index (χ1n) is 11.8. The van der Waals surface area contributed by atoms with Crippen LogP contribution in [0.2, 0.25) is 0 Å². The van der Waals surface area contributed by atoms with Gasteiger partial charge in [-0.3, -0.25) is 0 Å². The third-order valence-electron chi connectivity index (χ3n) is 5.64. The largest absolute Gasteiger partial charge is 0.490 e. The van der Waals surface area contributed by atoms with Gasteiger partial charge in [0.25, 0.3) is 0 Å². The lowest BCUT2D eigenvalue weighted by atomic mass is 9.93. The van der Waals surface area contributed by atoms with E-state index >= 15 is 0 Å². The van der Waals surface area contributed by atoms with E-state index in [-0.39, 0.29) is 12.6 Å². The molecule has 0 bridgehead atoms. The Morgan fingerprint density at radius 3 is 2.47 bits per heavy atom. The highest BCUT2D eigenvalue weighted by Crippen LogP contribution is 2.36. The molecule has 2 amide bonds. The number of hydrogen-bond donors (Lipinski definition) is 2. The Bertz CT molecular complexity index is 1080. The van der Waals surface area contributed by atoms with E-state index in [1.807, 2.05) is 32.0 Å². The van der Waals surface area contributed by atoms with Gasteiger partial charge in [0, 0.05) is 5.70 Å². The van der Waals surface area contributed by atoms with Crippen LogP contribution in [-0.2, 0) is 16.1 Å². The first-order chi connectivity index (χ1) is 16.4. The molecule has 0 saturated heterocycles. The quantitative estimate of drug-likeness (QED) is 0.467. The molecule has 2 aromatic rings. The third kappa shape index (κ3) is 5.90. The van der Waals surface area contributed by atoms with Gasteiger partial charge >= 0.3 is 12.0 Å². The summed E-state index contributed by atoms with van der Waals surface area (Å²) in [5.74, 6) is 0.706. The van der Waals surface area contributed by atoms with Crippen LogP contribution in [0.25, 0.3) is 0 Å². The van der Waals surface area contributed by atoms with Crippen LogP contribution in [0.3, 0.4) is 0 Å². The molecule has 1 heterocycles. The Morgan fingerprint density at radius 1 is 0.971 bits per heavy atom. The summed E-state index contributed by atoms with van der Waals surface area (Å²) >= 11 is 0. The van der Waals surface area contributed by atoms with Crippen molar-refractivity contribution in [1.29, 1.82) is 0 Å². The maximum atomic E-state index is 12.8. The normalized spacial score (nSPS) is 15.4. The number of aryl methyl sites for hydroxylation is 2. The molecule has 0 fully saturated rings. The second-order valence-electron chi connectivity index (χ2n) is 8.25. The molecule has 1 aliphatic rings. The fraction of sp³-hybridized carbons (Fsp3) is 0.407. The summed E-state index contributed by atoms with van der Waals surface area (Å²) in [6.45, 7) is 10.9. The van der Waals surface area contributed by atoms with Crippen molar-refractivity contribution < 1.29 is 23.8 Å². The number of esters is 1. The Labute approximate surface area is 201 Å². The predicted octanol–water partition coefficient (Wildman–Crippen LogP) is 5.25. The summed E-state index contributed by atoms with van der Waals surface area (Å²) in [6.07, 6.45) is 1.34. The topological polar surface area (TPSA) is 85.9 Å². The highest BCUT2D eigenvalue weighted by Gasteiger charge is 2.33. The van der Waals surface area contributed by atoms with E-state index in [1.54, 1.807) is 6.92 Å². The summed E-state index contributed by atoms with van der Waals surface area (Å²) in [5.41, 5.74) is 5.15. The number of amides is 2. The van der Waals surface area contributed by atoms with Gasteiger partial charge in [-0.15, -0.1) is 0 Å². The number of urea groups is 1. The van der Waals surface area contributed by atoms with Gasteiger partial charge in [-0.2, -0.15) is 0 Å². The molecule has 182 valence electrons. The number of benzene rings is 2. The number of nitrogens with one attached hydrogen (secondary N) is 2. The number of carbonyl (C=O) groups is 2. The van der Waals surface area contributed by atoms with Gasteiger partial charge in [-0.25, -0.2) is 9.59 Å². The van der Waals surface area contributed by atoms with Crippen molar-refractivity contribution >= 4 is 12.0 Å². The lowest BCUT2D eigenvalue weighted by Crippen LogP contribution is -2.46. The molecule has 0 aromatic heterocycles. The molecule has 3 rings (SSSR count). The second kappa shape index (κ2) is 11.6. The van der Waals surface area contributed by atoms with E-state index in [9.17, 15) is 9.59 Å². The van der Waals surface area contributed by atoms with Gasteiger partial charge in [0.2, 0.25) is 0 Å². The van der Waals surface area contributed by atoms with E-state index in [4.69, 9.17) is 14.2 Å². The molecule has 0 spiro atoms. The standard InChI is InChI=1S/C27H34N2O5/c1-6-9-21-24(26(30)33-8-3)25(29-27(31)28-21)19-12-13-22(23(15-19)32-7-2)34-16-20-14-17(4)10-11-18(20)5/h10-15,25H,6-9,16H2,1-5H3,(H2,28,29,31). The minimum absolute atomic E-state index is 0.248. The average Bonchev–Trinajstić information content (AvgIpc) is 2.80. The van der Waals surface area contributed by atoms with Crippen LogP contribution in [0, 0.1) is 13.8 Å². The Hall–Kier alpha value is -3.48. The minimum atomic E-state index is -0.651. The van der Waals surface area contributed by atoms with Crippen LogP contribution in [0.4, 0.5) is 4.79 Å². The molecule has 34 heavy (non-hydrogen) atoms. The SMILES string of the molecule is CCCC1=C(C(=O)OCC)C(c2ccc(OCc3cc(C)ccc3C)c(OCC)c2)NC(=O)N1. The van der Waals surface area contributed by atoms with Crippen LogP contribution < -0.4 is 20.1 Å². The second-order valence-corrected chi connectivity index (χ2v) is 8.25. The highest BCUT2D eigenvalue weighted by atomic mass is 16.5. The van der Waals surface area contributed by atoms with Crippen LogP contribution in [0.5, 0.6) is 11.5 Å². The zero-order chi connectivity index (χ0) is 24.7. The van der Waals surface area contributed by atoms with E-state index in [0.717, 1.165) is 17.5 Å². The Morgan fingerprint density at radius 2 is 1.76 bits per heavy atom. The van der Waals surface area contributed by atoms with Crippen molar-refractivity contribution in [2.24, 2.45) is 0 Å². The van der Waals surface area contributed by atoms with E-state index in [0.29, 0.717) is 48.0 Å². The summed E-state index contributed by atoms with van der Waals surface area (Å²) in [7, 11) is 0. The molecule has 7 heteroatoms. The third-order valence-corrected chi connectivity index (χ3v) is 5.64. The Balaban J connectivity index is 1.95. The molecule has 0 saturated carbocycles. The van der Waals surface area contributed by atoms with Crippen LogP contribution in [0.15, 0.2) is 47.7 Å². The van der Waals surface area contributed by atoms with Crippen molar-refractivity contribution in [1.82, 2.24) is 10.6 Å². The maximum Gasteiger partial charge on any atom is 0.338 e.